The van der Waals surface area contributed by atoms with Crippen LogP contribution in [0.15, 0.2) is 24.8 Å². The van der Waals surface area contributed by atoms with Gasteiger partial charge in [-0.2, -0.15) is 10.2 Å². The zero-order valence-electron chi connectivity index (χ0n) is 19.6. The topological polar surface area (TPSA) is 97.1 Å². The molecule has 11 heteroatoms. The number of nitrogens with zero attached hydrogens (tertiary/aromatic N) is 10. The van der Waals surface area contributed by atoms with Gasteiger partial charge in [-0.05, 0) is 36.1 Å². The van der Waals surface area contributed by atoms with Gasteiger partial charge in [0.15, 0.2) is 11.9 Å². The third-order valence-corrected chi connectivity index (χ3v) is 5.06. The molecule has 0 N–H and O–H groups in total. The largest absolute Gasteiger partial charge is 2.00 e. The third-order valence-electron chi connectivity index (χ3n) is 5.06. The van der Waals surface area contributed by atoms with Crippen molar-refractivity contribution < 1.29 is 21.1 Å². The van der Waals surface area contributed by atoms with E-state index in [0.29, 0.717) is 11.9 Å². The SMILES string of the molecule is CC(C)(C)c1c[c-]n(-c2ncn(C(C)(C)n3cnc(-n4[c-]cc(C(C)(C)C)n4)n3)n2)n1.[Pt+2]. The zero-order valence-corrected chi connectivity index (χ0v) is 21.9. The summed E-state index contributed by atoms with van der Waals surface area (Å²) in [6.07, 6.45) is 9.49. The summed E-state index contributed by atoms with van der Waals surface area (Å²) < 4.78 is 6.57. The smallest absolute Gasteiger partial charge is 0.327 e. The summed E-state index contributed by atoms with van der Waals surface area (Å²) in [5, 5.41) is 18.3. The fourth-order valence-corrected chi connectivity index (χ4v) is 2.85. The molecule has 0 aliphatic carbocycles. The van der Waals surface area contributed by atoms with Gasteiger partial charge in [-0.1, -0.05) is 53.9 Å². The molecule has 0 aliphatic rings. The van der Waals surface area contributed by atoms with Crippen LogP contribution in [0.25, 0.3) is 11.9 Å². The minimum absolute atomic E-state index is 0. The maximum Gasteiger partial charge on any atom is 2.00 e. The maximum absolute atomic E-state index is 4.60. The molecule has 0 spiro atoms. The summed E-state index contributed by atoms with van der Waals surface area (Å²) in [5.74, 6) is 0.887. The van der Waals surface area contributed by atoms with Crippen molar-refractivity contribution in [3.8, 4) is 11.9 Å². The van der Waals surface area contributed by atoms with Crippen LogP contribution in [-0.4, -0.2) is 49.1 Å². The molecular weight excluding hydrogens is 587 g/mol. The molecule has 172 valence electrons. The Labute approximate surface area is 202 Å². The summed E-state index contributed by atoms with van der Waals surface area (Å²) in [4.78, 5) is 8.81. The van der Waals surface area contributed by atoms with Crippen LogP contribution < -0.4 is 0 Å². The molecule has 0 saturated carbocycles. The van der Waals surface area contributed by atoms with Gasteiger partial charge in [-0.15, -0.1) is 12.1 Å². The van der Waals surface area contributed by atoms with Crippen molar-refractivity contribution in [2.24, 2.45) is 0 Å². The molecule has 0 radical (unpaired) electrons. The van der Waals surface area contributed by atoms with Crippen LogP contribution in [0.3, 0.4) is 0 Å². The molecule has 0 atom stereocenters. The molecule has 4 aromatic rings. The van der Waals surface area contributed by atoms with Gasteiger partial charge in [0.2, 0.25) is 0 Å². The molecular formula is C21H28N10Pt. The van der Waals surface area contributed by atoms with E-state index in [2.05, 4.69) is 84.3 Å². The van der Waals surface area contributed by atoms with Crippen molar-refractivity contribution in [3.63, 3.8) is 0 Å². The monoisotopic (exact) mass is 615 g/mol. The van der Waals surface area contributed by atoms with Gasteiger partial charge in [0.1, 0.15) is 18.3 Å². The van der Waals surface area contributed by atoms with E-state index in [1.165, 1.54) is 0 Å². The van der Waals surface area contributed by atoms with E-state index in [-0.39, 0.29) is 31.9 Å². The van der Waals surface area contributed by atoms with Crippen LogP contribution in [-0.2, 0) is 37.6 Å². The first-order chi connectivity index (χ1) is 14.4. The van der Waals surface area contributed by atoms with E-state index in [4.69, 9.17) is 0 Å². The molecule has 0 amide bonds. The Morgan fingerprint density at radius 3 is 1.31 bits per heavy atom. The molecule has 10 nitrogen and oxygen atoms in total. The summed E-state index contributed by atoms with van der Waals surface area (Å²) in [6.45, 7) is 16.6. The minimum Gasteiger partial charge on any atom is -0.327 e. The van der Waals surface area contributed by atoms with Crippen molar-refractivity contribution in [1.82, 2.24) is 49.1 Å². The van der Waals surface area contributed by atoms with Crippen molar-refractivity contribution in [1.29, 1.82) is 0 Å². The molecule has 0 bridgehead atoms. The quantitative estimate of drug-likeness (QED) is 0.328. The van der Waals surface area contributed by atoms with Crippen LogP contribution in [0, 0.1) is 12.4 Å². The summed E-state index contributed by atoms with van der Waals surface area (Å²) in [7, 11) is 0. The van der Waals surface area contributed by atoms with E-state index in [9.17, 15) is 0 Å². The Hall–Kier alpha value is -2.61. The van der Waals surface area contributed by atoms with Crippen molar-refractivity contribution in [3.05, 3.63) is 48.6 Å². The second kappa shape index (κ2) is 8.06. The molecule has 4 aromatic heterocycles. The maximum atomic E-state index is 4.60. The predicted molar refractivity (Wildman–Crippen MR) is 114 cm³/mol. The zero-order chi connectivity index (χ0) is 22.6. The first-order valence-corrected chi connectivity index (χ1v) is 10.2. The van der Waals surface area contributed by atoms with Gasteiger partial charge >= 0.3 is 21.1 Å². The van der Waals surface area contributed by atoms with Gasteiger partial charge in [0.05, 0.1) is 0 Å². The first-order valence-electron chi connectivity index (χ1n) is 10.2. The van der Waals surface area contributed by atoms with Gasteiger partial charge in [-0.3, -0.25) is 20.2 Å². The van der Waals surface area contributed by atoms with Crippen molar-refractivity contribution in [2.75, 3.05) is 0 Å². The average molecular weight is 616 g/mol. The molecule has 4 heterocycles. The normalized spacial score (nSPS) is 12.8. The minimum atomic E-state index is -0.656. The van der Waals surface area contributed by atoms with Crippen LogP contribution >= 0.6 is 0 Å². The molecule has 4 rings (SSSR count). The van der Waals surface area contributed by atoms with Crippen LogP contribution in [0.5, 0.6) is 0 Å². The molecule has 0 saturated heterocycles. The predicted octanol–water partition coefficient (Wildman–Crippen LogP) is 2.67. The fourth-order valence-electron chi connectivity index (χ4n) is 2.85. The third kappa shape index (κ3) is 4.46. The number of hydrogen-bond acceptors (Lipinski definition) is 6. The van der Waals surface area contributed by atoms with Gasteiger partial charge in [0.25, 0.3) is 0 Å². The van der Waals surface area contributed by atoms with Gasteiger partial charge < -0.3 is 9.36 Å². The second-order valence-corrected chi connectivity index (χ2v) is 10.1. The molecule has 0 fully saturated rings. The number of aromatic nitrogens is 10. The molecule has 0 unspecified atom stereocenters. The van der Waals surface area contributed by atoms with Crippen LogP contribution in [0.4, 0.5) is 0 Å². The Morgan fingerprint density at radius 2 is 1.00 bits per heavy atom. The van der Waals surface area contributed by atoms with Gasteiger partial charge in [-0.25, -0.2) is 9.36 Å². The van der Waals surface area contributed by atoms with Crippen molar-refractivity contribution >= 4 is 0 Å². The van der Waals surface area contributed by atoms with Gasteiger partial charge in [0, 0.05) is 0 Å². The van der Waals surface area contributed by atoms with Crippen LogP contribution in [0.2, 0.25) is 0 Å². The molecule has 32 heavy (non-hydrogen) atoms. The summed E-state index contributed by atoms with van der Waals surface area (Å²) in [5.41, 5.74) is 1.05. The summed E-state index contributed by atoms with van der Waals surface area (Å²) >= 11 is 0. The van der Waals surface area contributed by atoms with E-state index in [0.717, 1.165) is 11.4 Å². The Bertz CT molecular complexity index is 1100. The van der Waals surface area contributed by atoms with E-state index < -0.39 is 5.66 Å². The van der Waals surface area contributed by atoms with Crippen molar-refractivity contribution in [2.45, 2.75) is 71.9 Å². The number of rotatable bonds is 4. The van der Waals surface area contributed by atoms with E-state index >= 15 is 0 Å². The molecule has 0 aromatic carbocycles. The average Bonchev–Trinajstić information content (AvgIpc) is 3.47. The van der Waals surface area contributed by atoms with E-state index in [1.54, 1.807) is 31.4 Å². The summed E-state index contributed by atoms with van der Waals surface area (Å²) in [6, 6.07) is 3.73. The first kappa shape index (κ1) is 24.0. The number of hydrogen-bond donors (Lipinski definition) is 0. The van der Waals surface area contributed by atoms with Crippen LogP contribution in [0.1, 0.15) is 66.8 Å². The van der Waals surface area contributed by atoms with E-state index in [1.807, 2.05) is 26.0 Å². The second-order valence-electron chi connectivity index (χ2n) is 10.1. The Kier molecular flexibility index (Phi) is 6.06. The Balaban J connectivity index is 0.00000289. The standard InChI is InChI=1S/C21H28N10.Pt/c1-19(2,3)15-9-11-28(24-15)17-22-13-30(26-17)21(7,8)31-14-23-18(27-31)29-12-10-16(25-29)20(4,5)6;/h9-10,13-14H,1-8H3;/q-2;+2. The Morgan fingerprint density at radius 1 is 0.625 bits per heavy atom. The molecule has 0 aliphatic heterocycles. The fraction of sp³-hybridized carbons (Fsp3) is 0.524.